The highest BCUT2D eigenvalue weighted by Crippen LogP contribution is 2.27. The van der Waals surface area contributed by atoms with Gasteiger partial charge in [0.15, 0.2) is 0 Å². The number of amides is 1. The van der Waals surface area contributed by atoms with E-state index in [1.165, 1.54) is 12.8 Å². The smallest absolute Gasteiger partial charge is 0.254 e. The SMILES string of the molecule is O=C(c1cccc(-n2ccnc2)c1)N(C[C@H]1CCCO1)C1CCCC1. The lowest BCUT2D eigenvalue weighted by molar-refractivity contribution is 0.0420. The maximum absolute atomic E-state index is 13.3. The molecule has 1 atom stereocenters. The quantitative estimate of drug-likeness (QED) is 0.838. The van der Waals surface area contributed by atoms with Crippen LogP contribution in [0, 0.1) is 0 Å². The Bertz CT molecular complexity index is 701. The van der Waals surface area contributed by atoms with Crippen LogP contribution < -0.4 is 0 Å². The Morgan fingerprint density at radius 2 is 2.12 bits per heavy atom. The Labute approximate surface area is 148 Å². The van der Waals surface area contributed by atoms with Crippen molar-refractivity contribution in [2.45, 2.75) is 50.7 Å². The third-order valence-electron chi connectivity index (χ3n) is 5.35. The highest BCUT2D eigenvalue weighted by Gasteiger charge is 2.31. The summed E-state index contributed by atoms with van der Waals surface area (Å²) in [6, 6.07) is 8.18. The van der Waals surface area contributed by atoms with E-state index in [4.69, 9.17) is 4.74 Å². The fraction of sp³-hybridized carbons (Fsp3) is 0.500. The first-order valence-electron chi connectivity index (χ1n) is 9.32. The average Bonchev–Trinajstić information content (AvgIpc) is 3.42. The maximum atomic E-state index is 13.3. The van der Waals surface area contributed by atoms with Gasteiger partial charge in [0.2, 0.25) is 0 Å². The van der Waals surface area contributed by atoms with Gasteiger partial charge in [-0.1, -0.05) is 18.9 Å². The van der Waals surface area contributed by atoms with Crippen molar-refractivity contribution in [3.05, 3.63) is 48.5 Å². The molecule has 0 N–H and O–H groups in total. The largest absolute Gasteiger partial charge is 0.376 e. The van der Waals surface area contributed by atoms with Crippen LogP contribution in [-0.2, 0) is 4.74 Å². The van der Waals surface area contributed by atoms with Crippen LogP contribution in [0.5, 0.6) is 0 Å². The van der Waals surface area contributed by atoms with Crippen LogP contribution in [-0.4, -0.2) is 45.7 Å². The molecule has 0 spiro atoms. The van der Waals surface area contributed by atoms with Crippen molar-refractivity contribution < 1.29 is 9.53 Å². The number of imidazole rings is 1. The first-order valence-corrected chi connectivity index (χ1v) is 9.32. The summed E-state index contributed by atoms with van der Waals surface area (Å²) in [6.07, 6.45) is 12.4. The summed E-state index contributed by atoms with van der Waals surface area (Å²) in [4.78, 5) is 19.5. The molecule has 1 saturated carbocycles. The van der Waals surface area contributed by atoms with Crippen molar-refractivity contribution in [3.63, 3.8) is 0 Å². The van der Waals surface area contributed by atoms with Gasteiger partial charge in [0.1, 0.15) is 0 Å². The molecule has 5 nitrogen and oxygen atoms in total. The minimum absolute atomic E-state index is 0.129. The Kier molecular flexibility index (Phi) is 4.83. The molecule has 1 amide bonds. The molecule has 0 radical (unpaired) electrons. The minimum Gasteiger partial charge on any atom is -0.376 e. The molecular weight excluding hydrogens is 314 g/mol. The van der Waals surface area contributed by atoms with E-state index in [1.807, 2.05) is 35.0 Å². The number of rotatable bonds is 5. The molecule has 132 valence electrons. The molecule has 1 aromatic heterocycles. The molecule has 2 heterocycles. The highest BCUT2D eigenvalue weighted by molar-refractivity contribution is 5.95. The molecule has 2 fully saturated rings. The molecule has 2 aromatic rings. The Balaban J connectivity index is 1.57. The van der Waals surface area contributed by atoms with E-state index in [2.05, 4.69) is 9.88 Å². The average molecular weight is 339 g/mol. The fourth-order valence-electron chi connectivity index (χ4n) is 4.00. The van der Waals surface area contributed by atoms with E-state index in [1.54, 1.807) is 12.5 Å². The zero-order valence-electron chi connectivity index (χ0n) is 14.5. The molecule has 1 aromatic carbocycles. The van der Waals surface area contributed by atoms with Gasteiger partial charge in [0.05, 0.1) is 12.4 Å². The van der Waals surface area contributed by atoms with Crippen molar-refractivity contribution >= 4 is 5.91 Å². The Hall–Kier alpha value is -2.14. The first kappa shape index (κ1) is 16.3. The van der Waals surface area contributed by atoms with Crippen molar-refractivity contribution in [3.8, 4) is 5.69 Å². The lowest BCUT2D eigenvalue weighted by atomic mass is 10.1. The van der Waals surface area contributed by atoms with E-state index in [0.29, 0.717) is 6.04 Å². The van der Waals surface area contributed by atoms with Crippen LogP contribution in [0.3, 0.4) is 0 Å². The molecule has 4 rings (SSSR count). The fourth-order valence-corrected chi connectivity index (χ4v) is 4.00. The second kappa shape index (κ2) is 7.40. The van der Waals surface area contributed by atoms with Crippen LogP contribution in [0.25, 0.3) is 5.69 Å². The molecule has 1 saturated heterocycles. The number of carbonyl (C=O) groups is 1. The molecule has 0 unspecified atom stereocenters. The van der Waals surface area contributed by atoms with E-state index in [9.17, 15) is 4.79 Å². The zero-order chi connectivity index (χ0) is 17.1. The molecule has 1 aliphatic heterocycles. The number of hydrogen-bond acceptors (Lipinski definition) is 3. The Morgan fingerprint density at radius 3 is 2.84 bits per heavy atom. The number of ether oxygens (including phenoxy) is 1. The van der Waals surface area contributed by atoms with E-state index in [0.717, 1.165) is 50.1 Å². The highest BCUT2D eigenvalue weighted by atomic mass is 16.5. The van der Waals surface area contributed by atoms with Crippen LogP contribution >= 0.6 is 0 Å². The second-order valence-electron chi connectivity index (χ2n) is 7.05. The summed E-state index contributed by atoms with van der Waals surface area (Å²) in [5.41, 5.74) is 1.71. The van der Waals surface area contributed by atoms with Gasteiger partial charge in [-0.05, 0) is 43.9 Å². The summed E-state index contributed by atoms with van der Waals surface area (Å²) < 4.78 is 7.73. The Morgan fingerprint density at radius 1 is 1.24 bits per heavy atom. The van der Waals surface area contributed by atoms with Crippen LogP contribution in [0.4, 0.5) is 0 Å². The van der Waals surface area contributed by atoms with Crippen LogP contribution in [0.15, 0.2) is 43.0 Å². The molecular formula is C20H25N3O2. The summed E-state index contributed by atoms with van der Waals surface area (Å²) in [5, 5.41) is 0. The number of aromatic nitrogens is 2. The van der Waals surface area contributed by atoms with Gasteiger partial charge < -0.3 is 14.2 Å². The predicted octanol–water partition coefficient (Wildman–Crippen LogP) is 3.44. The van der Waals surface area contributed by atoms with Crippen LogP contribution in [0.1, 0.15) is 48.9 Å². The number of hydrogen-bond donors (Lipinski definition) is 0. The topological polar surface area (TPSA) is 47.4 Å². The molecule has 2 aliphatic rings. The van der Waals surface area contributed by atoms with Gasteiger partial charge >= 0.3 is 0 Å². The van der Waals surface area contributed by atoms with Crippen molar-refractivity contribution in [1.29, 1.82) is 0 Å². The van der Waals surface area contributed by atoms with Crippen LogP contribution in [0.2, 0.25) is 0 Å². The molecule has 5 heteroatoms. The standard InChI is InChI=1S/C20H25N3O2/c24-20(16-5-3-8-18(13-16)22-11-10-21-15-22)23(17-6-1-2-7-17)14-19-9-4-12-25-19/h3,5,8,10-11,13,15,17,19H,1-2,4,6-7,9,12,14H2/t19-/m1/s1. The maximum Gasteiger partial charge on any atom is 0.254 e. The molecule has 1 aliphatic carbocycles. The molecule has 25 heavy (non-hydrogen) atoms. The predicted molar refractivity (Wildman–Crippen MR) is 95.8 cm³/mol. The van der Waals surface area contributed by atoms with Gasteiger partial charge in [-0.15, -0.1) is 0 Å². The van der Waals surface area contributed by atoms with E-state index >= 15 is 0 Å². The van der Waals surface area contributed by atoms with Gasteiger partial charge in [0.25, 0.3) is 5.91 Å². The summed E-state index contributed by atoms with van der Waals surface area (Å²) in [5.74, 6) is 0.129. The third-order valence-corrected chi connectivity index (χ3v) is 5.35. The van der Waals surface area contributed by atoms with Crippen molar-refractivity contribution in [2.75, 3.05) is 13.2 Å². The van der Waals surface area contributed by atoms with Gasteiger partial charge in [-0.3, -0.25) is 4.79 Å². The summed E-state index contributed by atoms with van der Waals surface area (Å²) >= 11 is 0. The second-order valence-corrected chi connectivity index (χ2v) is 7.05. The molecule has 0 bridgehead atoms. The monoisotopic (exact) mass is 339 g/mol. The van der Waals surface area contributed by atoms with E-state index in [-0.39, 0.29) is 12.0 Å². The van der Waals surface area contributed by atoms with Crippen molar-refractivity contribution in [1.82, 2.24) is 14.5 Å². The minimum atomic E-state index is 0.129. The van der Waals surface area contributed by atoms with Gasteiger partial charge in [0, 0.05) is 42.8 Å². The lowest BCUT2D eigenvalue weighted by Gasteiger charge is -2.31. The zero-order valence-corrected chi connectivity index (χ0v) is 14.5. The number of benzene rings is 1. The van der Waals surface area contributed by atoms with Crippen molar-refractivity contribution in [2.24, 2.45) is 0 Å². The third kappa shape index (κ3) is 3.61. The number of nitrogens with zero attached hydrogens (tertiary/aromatic N) is 3. The lowest BCUT2D eigenvalue weighted by Crippen LogP contribution is -2.43. The summed E-state index contributed by atoms with van der Waals surface area (Å²) in [6.45, 7) is 1.55. The number of carbonyl (C=O) groups excluding carboxylic acids is 1. The van der Waals surface area contributed by atoms with E-state index < -0.39 is 0 Å². The first-order chi connectivity index (χ1) is 12.3. The summed E-state index contributed by atoms with van der Waals surface area (Å²) in [7, 11) is 0. The normalized spacial score (nSPS) is 20.9. The van der Waals surface area contributed by atoms with Gasteiger partial charge in [-0.2, -0.15) is 0 Å². The van der Waals surface area contributed by atoms with Gasteiger partial charge in [-0.25, -0.2) is 4.98 Å².